The number of nitrogens with one attached hydrogen (secondary N) is 1. The van der Waals surface area contributed by atoms with Crippen LogP contribution in [-0.2, 0) is 17.6 Å². The van der Waals surface area contributed by atoms with E-state index in [9.17, 15) is 5.11 Å². The topological polar surface area (TPSA) is 49.3 Å². The summed E-state index contributed by atoms with van der Waals surface area (Å²) in [5.41, 5.74) is 2.74. The molecule has 0 aliphatic heterocycles. The third-order valence-corrected chi connectivity index (χ3v) is 3.65. The first kappa shape index (κ1) is 24.7. The summed E-state index contributed by atoms with van der Waals surface area (Å²) in [6.07, 6.45) is 9.94. The standard InChI is InChI=1S/C10H12O.C7H16.C2H5NO.C2H6/c1-7-4-8-2-3-10(11)6-9(8)5-7;1-3-5-7-6-4-2;1-3-2-4;1-2/h2-3,6-7,11H,4-5H2,1H3;3-7H2,1-2H3;2H,1H3,(H,3,4);1-2H3. The zero-order valence-electron chi connectivity index (χ0n) is 16.7. The molecule has 1 aliphatic rings. The molecular formula is C21H39NO2. The maximum absolute atomic E-state index is 9.18. The number of rotatable bonds is 5. The van der Waals surface area contributed by atoms with Gasteiger partial charge in [-0.3, -0.25) is 4.79 Å². The van der Waals surface area contributed by atoms with Crippen molar-refractivity contribution in [1.82, 2.24) is 5.32 Å². The molecule has 0 heterocycles. The lowest BCUT2D eigenvalue weighted by molar-refractivity contribution is -0.109. The van der Waals surface area contributed by atoms with Crippen molar-refractivity contribution in [2.75, 3.05) is 7.05 Å². The molecule has 1 aromatic rings. The summed E-state index contributed by atoms with van der Waals surface area (Å²) < 4.78 is 0. The van der Waals surface area contributed by atoms with Gasteiger partial charge in [0.25, 0.3) is 0 Å². The van der Waals surface area contributed by atoms with Crippen LogP contribution in [0.15, 0.2) is 18.2 Å². The van der Waals surface area contributed by atoms with Crippen LogP contribution in [0, 0.1) is 5.92 Å². The van der Waals surface area contributed by atoms with Crippen molar-refractivity contribution >= 4 is 6.41 Å². The molecule has 0 saturated heterocycles. The average molecular weight is 338 g/mol. The van der Waals surface area contributed by atoms with Crippen molar-refractivity contribution in [1.29, 1.82) is 0 Å². The van der Waals surface area contributed by atoms with E-state index in [2.05, 4.69) is 26.1 Å². The Bertz CT molecular complexity index is 401. The van der Waals surface area contributed by atoms with Gasteiger partial charge >= 0.3 is 0 Å². The Kier molecular flexibility index (Phi) is 18.4. The van der Waals surface area contributed by atoms with E-state index in [4.69, 9.17) is 4.79 Å². The van der Waals surface area contributed by atoms with E-state index in [1.807, 2.05) is 26.0 Å². The summed E-state index contributed by atoms with van der Waals surface area (Å²) in [7, 11) is 1.56. The van der Waals surface area contributed by atoms with Gasteiger partial charge in [0, 0.05) is 7.05 Å². The second-order valence-corrected chi connectivity index (χ2v) is 5.93. The third kappa shape index (κ3) is 13.0. The summed E-state index contributed by atoms with van der Waals surface area (Å²) in [5, 5.41) is 11.4. The van der Waals surface area contributed by atoms with Crippen molar-refractivity contribution in [3.8, 4) is 5.75 Å². The Morgan fingerprint density at radius 1 is 1.08 bits per heavy atom. The summed E-state index contributed by atoms with van der Waals surface area (Å²) in [6, 6.07) is 5.70. The van der Waals surface area contributed by atoms with Crippen LogP contribution in [0.25, 0.3) is 0 Å². The van der Waals surface area contributed by atoms with Gasteiger partial charge in [-0.2, -0.15) is 0 Å². The van der Waals surface area contributed by atoms with E-state index in [-0.39, 0.29) is 0 Å². The largest absolute Gasteiger partial charge is 0.508 e. The molecule has 2 rings (SSSR count). The summed E-state index contributed by atoms with van der Waals surface area (Å²) >= 11 is 0. The van der Waals surface area contributed by atoms with Gasteiger partial charge < -0.3 is 10.4 Å². The van der Waals surface area contributed by atoms with Crippen molar-refractivity contribution in [3.63, 3.8) is 0 Å². The second-order valence-electron chi connectivity index (χ2n) is 5.93. The number of amides is 1. The van der Waals surface area contributed by atoms with Gasteiger partial charge in [-0.25, -0.2) is 0 Å². The van der Waals surface area contributed by atoms with Crippen LogP contribution in [0.5, 0.6) is 5.75 Å². The minimum absolute atomic E-state index is 0.401. The minimum Gasteiger partial charge on any atom is -0.508 e. The number of phenols is 1. The number of carbonyl (C=O) groups is 1. The maximum atomic E-state index is 9.18. The fourth-order valence-corrected chi connectivity index (χ4v) is 2.50. The predicted molar refractivity (Wildman–Crippen MR) is 106 cm³/mol. The van der Waals surface area contributed by atoms with E-state index >= 15 is 0 Å². The molecule has 0 spiro atoms. The number of benzene rings is 1. The number of aromatic hydroxyl groups is 1. The molecular weight excluding hydrogens is 298 g/mol. The molecule has 3 heteroatoms. The van der Waals surface area contributed by atoms with Crippen LogP contribution in [0.4, 0.5) is 0 Å². The molecule has 0 aromatic heterocycles. The van der Waals surface area contributed by atoms with Crippen molar-refractivity contribution in [2.24, 2.45) is 5.92 Å². The van der Waals surface area contributed by atoms with Gasteiger partial charge in [0.1, 0.15) is 5.75 Å². The Morgan fingerprint density at radius 2 is 1.58 bits per heavy atom. The normalized spacial score (nSPS) is 13.8. The molecule has 1 aromatic carbocycles. The number of carbonyl (C=O) groups excluding carboxylic acids is 1. The molecule has 1 aliphatic carbocycles. The molecule has 3 nitrogen and oxygen atoms in total. The Labute approximate surface area is 149 Å². The zero-order valence-corrected chi connectivity index (χ0v) is 16.7. The van der Waals surface area contributed by atoms with Gasteiger partial charge in [0.15, 0.2) is 0 Å². The minimum atomic E-state index is 0.401. The fourth-order valence-electron chi connectivity index (χ4n) is 2.50. The van der Waals surface area contributed by atoms with E-state index in [1.54, 1.807) is 13.1 Å². The lowest BCUT2D eigenvalue weighted by Gasteiger charge is -1.97. The van der Waals surface area contributed by atoms with E-state index in [0.717, 1.165) is 12.3 Å². The molecule has 140 valence electrons. The highest BCUT2D eigenvalue weighted by molar-refractivity contribution is 5.44. The zero-order chi connectivity index (χ0) is 18.8. The van der Waals surface area contributed by atoms with Crippen LogP contribution in [0.1, 0.15) is 77.8 Å². The fraction of sp³-hybridized carbons (Fsp3) is 0.667. The maximum Gasteiger partial charge on any atom is 0.206 e. The predicted octanol–water partition coefficient (Wildman–Crippen LogP) is 5.49. The molecule has 1 unspecified atom stereocenters. The molecule has 0 fully saturated rings. The smallest absolute Gasteiger partial charge is 0.206 e. The monoisotopic (exact) mass is 337 g/mol. The quantitative estimate of drug-likeness (QED) is 0.551. The van der Waals surface area contributed by atoms with Gasteiger partial charge in [-0.15, -0.1) is 0 Å². The molecule has 0 radical (unpaired) electrons. The number of fused-ring (bicyclic) bond motifs is 1. The van der Waals surface area contributed by atoms with Crippen molar-refractivity contribution < 1.29 is 9.90 Å². The summed E-state index contributed by atoms with van der Waals surface area (Å²) in [6.45, 7) is 10.7. The summed E-state index contributed by atoms with van der Waals surface area (Å²) in [5.74, 6) is 1.16. The first-order chi connectivity index (χ1) is 11.6. The van der Waals surface area contributed by atoms with Crippen LogP contribution in [0.3, 0.4) is 0 Å². The van der Waals surface area contributed by atoms with E-state index < -0.39 is 0 Å². The lowest BCUT2D eigenvalue weighted by atomic mass is 10.1. The van der Waals surface area contributed by atoms with Crippen LogP contribution >= 0.6 is 0 Å². The summed E-state index contributed by atoms with van der Waals surface area (Å²) in [4.78, 5) is 9.06. The van der Waals surface area contributed by atoms with E-state index in [0.29, 0.717) is 12.2 Å². The number of hydrogen-bond acceptors (Lipinski definition) is 2. The molecule has 0 saturated carbocycles. The highest BCUT2D eigenvalue weighted by atomic mass is 16.3. The average Bonchev–Trinajstić information content (AvgIpc) is 2.97. The van der Waals surface area contributed by atoms with Crippen LogP contribution < -0.4 is 5.32 Å². The number of unbranched alkanes of at least 4 members (excludes halogenated alkanes) is 4. The highest BCUT2D eigenvalue weighted by Gasteiger charge is 2.17. The van der Waals surface area contributed by atoms with Crippen LogP contribution in [-0.4, -0.2) is 18.6 Å². The Morgan fingerprint density at radius 3 is 2.04 bits per heavy atom. The van der Waals surface area contributed by atoms with Gasteiger partial charge in [0.2, 0.25) is 6.41 Å². The highest BCUT2D eigenvalue weighted by Crippen LogP contribution is 2.28. The van der Waals surface area contributed by atoms with Gasteiger partial charge in [-0.05, 0) is 42.0 Å². The SMILES string of the molecule is CC.CC1Cc2ccc(O)cc2C1.CCCCCCC.CNC=O. The third-order valence-electron chi connectivity index (χ3n) is 3.65. The molecule has 24 heavy (non-hydrogen) atoms. The van der Waals surface area contributed by atoms with Gasteiger partial charge in [0.05, 0.1) is 0 Å². The Hall–Kier alpha value is -1.51. The number of phenolic OH excluding ortho intramolecular Hbond substituents is 1. The molecule has 0 bridgehead atoms. The first-order valence-corrected chi connectivity index (χ1v) is 9.50. The molecule has 1 amide bonds. The van der Waals surface area contributed by atoms with Crippen molar-refractivity contribution in [2.45, 2.75) is 79.6 Å². The van der Waals surface area contributed by atoms with Gasteiger partial charge in [-0.1, -0.05) is 72.8 Å². The molecule has 2 N–H and O–H groups in total. The Balaban J connectivity index is 0. The van der Waals surface area contributed by atoms with Crippen LogP contribution in [0.2, 0.25) is 0 Å². The van der Waals surface area contributed by atoms with Crippen molar-refractivity contribution in [3.05, 3.63) is 29.3 Å². The number of hydrogen-bond donors (Lipinski definition) is 2. The second kappa shape index (κ2) is 17.8. The molecule has 1 atom stereocenters. The first-order valence-electron chi connectivity index (χ1n) is 9.50. The van der Waals surface area contributed by atoms with E-state index in [1.165, 1.54) is 49.7 Å². The lowest BCUT2D eigenvalue weighted by Crippen LogP contribution is -1.98.